The molecule has 0 heterocycles. The van der Waals surface area contributed by atoms with E-state index in [1.807, 2.05) is 0 Å². The van der Waals surface area contributed by atoms with Crippen molar-refractivity contribution in [1.29, 1.82) is 0 Å². The fourth-order valence-electron chi connectivity index (χ4n) is 3.68. The maximum Gasteiger partial charge on any atom is 3.00 e. The molecule has 0 atom stereocenters. The van der Waals surface area contributed by atoms with Crippen molar-refractivity contribution in [2.45, 2.75) is 59.3 Å². The minimum absolute atomic E-state index is 0. The van der Waals surface area contributed by atoms with Crippen molar-refractivity contribution < 1.29 is 55.8 Å². The summed E-state index contributed by atoms with van der Waals surface area (Å²) in [7, 11) is 1.79. The maximum atomic E-state index is 5.97. The van der Waals surface area contributed by atoms with Crippen LogP contribution in [-0.2, 0) is 37.0 Å². The summed E-state index contributed by atoms with van der Waals surface area (Å²) < 4.78 is 5.97. The molecule has 0 unspecified atom stereocenters. The van der Waals surface area contributed by atoms with Crippen LogP contribution in [0.4, 0.5) is 0 Å². The Hall–Kier alpha value is -0.687. The van der Waals surface area contributed by atoms with Crippen LogP contribution in [0.2, 0.25) is 0 Å². The minimum Gasteiger partial charge on any atom is -1.00 e. The second-order valence-electron chi connectivity index (χ2n) is 9.45. The van der Waals surface area contributed by atoms with Gasteiger partial charge in [-0.25, -0.2) is 0 Å². The van der Waals surface area contributed by atoms with E-state index in [0.717, 1.165) is 5.75 Å². The predicted octanol–water partition coefficient (Wildman–Crippen LogP) is 1.14. The zero-order chi connectivity index (χ0) is 19.3. The number of fused-ring (bicyclic) bond motifs is 1. The average molecular weight is 510 g/mol. The molecule has 3 rings (SSSR count). The van der Waals surface area contributed by atoms with Crippen molar-refractivity contribution in [3.63, 3.8) is 0 Å². The molecule has 0 aromatic heterocycles. The van der Waals surface area contributed by atoms with Gasteiger partial charge in [0.15, 0.2) is 0 Å². The summed E-state index contributed by atoms with van der Waals surface area (Å²) in [6, 6.07) is 15.8. The third-order valence-electron chi connectivity index (χ3n) is 5.16. The summed E-state index contributed by atoms with van der Waals surface area (Å²) in [4.78, 5) is 0. The first-order valence-electron chi connectivity index (χ1n) is 9.42. The van der Waals surface area contributed by atoms with Crippen LogP contribution < -0.4 is 29.6 Å². The fourth-order valence-corrected chi connectivity index (χ4v) is 3.68. The van der Waals surface area contributed by atoms with E-state index >= 15 is 0 Å². The van der Waals surface area contributed by atoms with E-state index in [9.17, 15) is 0 Å². The van der Waals surface area contributed by atoms with Crippen molar-refractivity contribution in [3.8, 4) is 16.9 Å². The second-order valence-corrected chi connectivity index (χ2v) is 9.45. The molecule has 0 bridgehead atoms. The molecule has 0 saturated carbocycles. The molecule has 4 heteroatoms. The first-order chi connectivity index (χ1) is 12.0. The van der Waals surface area contributed by atoms with Gasteiger partial charge in [0, 0.05) is 0 Å². The number of halogens is 2. The Kier molecular flexibility index (Phi) is 9.84. The van der Waals surface area contributed by atoms with Crippen LogP contribution in [-0.4, -0.2) is 7.11 Å². The number of ether oxygens (including phenoxy) is 1. The summed E-state index contributed by atoms with van der Waals surface area (Å²) in [6.07, 6.45) is 0. The topological polar surface area (TPSA) is 9.23 Å². The van der Waals surface area contributed by atoms with Crippen molar-refractivity contribution >= 4 is 10.8 Å². The Morgan fingerprint density at radius 1 is 0.828 bits per heavy atom. The molecule has 0 N–H and O–H groups in total. The number of benzene rings is 2. The Morgan fingerprint density at radius 3 is 1.83 bits per heavy atom. The maximum absolute atomic E-state index is 5.97. The largest absolute Gasteiger partial charge is 3.00 e. The zero-order valence-corrected chi connectivity index (χ0v) is 22.7. The molecule has 3 aromatic rings. The zero-order valence-electron chi connectivity index (χ0n) is 18.7. The van der Waals surface area contributed by atoms with Gasteiger partial charge in [0.1, 0.15) is 5.75 Å². The molecule has 0 spiro atoms. The quantitative estimate of drug-likeness (QED) is 0.471. The molecule has 0 aliphatic rings. The van der Waals surface area contributed by atoms with Gasteiger partial charge in [-0.15, -0.1) is 28.5 Å². The Labute approximate surface area is 207 Å². The van der Waals surface area contributed by atoms with Crippen LogP contribution >= 0.6 is 0 Å². The first-order valence-corrected chi connectivity index (χ1v) is 9.42. The normalized spacial score (nSPS) is 11.3. The van der Waals surface area contributed by atoms with Crippen LogP contribution in [0, 0.1) is 6.92 Å². The summed E-state index contributed by atoms with van der Waals surface area (Å²) in [5, 5.41) is 2.57. The molecular weight excluding hydrogens is 478 g/mol. The van der Waals surface area contributed by atoms with E-state index in [-0.39, 0.29) is 61.8 Å². The van der Waals surface area contributed by atoms with Gasteiger partial charge in [-0.3, -0.25) is 0 Å². The van der Waals surface area contributed by atoms with Gasteiger partial charge in [-0.2, -0.15) is 6.07 Å². The van der Waals surface area contributed by atoms with E-state index in [2.05, 4.69) is 90.9 Å². The summed E-state index contributed by atoms with van der Waals surface area (Å²) in [5.74, 6) is 0.999. The van der Waals surface area contributed by atoms with E-state index in [1.165, 1.54) is 38.6 Å². The molecule has 1 radical (unpaired) electrons. The third-order valence-corrected chi connectivity index (χ3v) is 5.16. The summed E-state index contributed by atoms with van der Waals surface area (Å²) in [5.41, 5.74) is 6.50. The van der Waals surface area contributed by atoms with E-state index in [0.29, 0.717) is 0 Å². The summed E-state index contributed by atoms with van der Waals surface area (Å²) >= 11 is 0. The summed E-state index contributed by atoms with van der Waals surface area (Å²) in [6.45, 7) is 15.7. The van der Waals surface area contributed by atoms with E-state index in [4.69, 9.17) is 4.74 Å². The Balaban J connectivity index is 0.00000261. The molecule has 0 aliphatic carbocycles. The Morgan fingerprint density at radius 2 is 1.38 bits per heavy atom. The van der Waals surface area contributed by atoms with E-state index < -0.39 is 0 Å². The molecule has 0 saturated heterocycles. The van der Waals surface area contributed by atoms with E-state index in [1.54, 1.807) is 7.11 Å². The van der Waals surface area contributed by atoms with Gasteiger partial charge in [0.2, 0.25) is 0 Å². The standard InChI is InChI=1S/C25H31O.2ClH.Zr/c1-16-13-18-15-21(25(5,6)7)23(26-8)22(20(18)14-16)17-9-11-19(12-10-17)24(2,3)4;;;/h9-15H,1-8H3;2*1H;/q-1;;;+3/p-2. The average Bonchev–Trinajstić information content (AvgIpc) is 2.91. The molecule has 0 aliphatic heterocycles. The minimum atomic E-state index is 0. The van der Waals surface area contributed by atoms with Crippen LogP contribution in [0.25, 0.3) is 21.9 Å². The van der Waals surface area contributed by atoms with Gasteiger partial charge in [-0.1, -0.05) is 72.7 Å². The number of aryl methyl sites for hydroxylation is 1. The van der Waals surface area contributed by atoms with Gasteiger partial charge in [-0.05, 0) is 33.1 Å². The van der Waals surface area contributed by atoms with Gasteiger partial charge in [0.25, 0.3) is 0 Å². The number of hydrogen-bond acceptors (Lipinski definition) is 1. The van der Waals surface area contributed by atoms with Gasteiger partial charge >= 0.3 is 26.2 Å². The number of rotatable bonds is 2. The van der Waals surface area contributed by atoms with Crippen LogP contribution in [0.1, 0.15) is 58.2 Å². The van der Waals surface area contributed by atoms with Crippen molar-refractivity contribution in [2.75, 3.05) is 7.11 Å². The number of methoxy groups -OCH3 is 1. The SMILES string of the molecule is COc1c(C(C)(C)C)cc2[cH-]c(C)cc2c1-c1ccc(C(C)(C)C)cc1.[Cl-].[Cl-].[Zr+3]. The van der Waals surface area contributed by atoms with Crippen LogP contribution in [0.3, 0.4) is 0 Å². The first kappa shape index (κ1) is 28.3. The van der Waals surface area contributed by atoms with Gasteiger partial charge < -0.3 is 29.6 Å². The molecule has 155 valence electrons. The van der Waals surface area contributed by atoms with Crippen molar-refractivity contribution in [2.24, 2.45) is 0 Å². The Bertz CT molecular complexity index is 942. The predicted molar refractivity (Wildman–Crippen MR) is 114 cm³/mol. The fraction of sp³-hybridized carbons (Fsp3) is 0.400. The van der Waals surface area contributed by atoms with Crippen LogP contribution in [0.5, 0.6) is 5.75 Å². The van der Waals surface area contributed by atoms with Crippen molar-refractivity contribution in [3.05, 3.63) is 59.2 Å². The molecule has 3 aromatic carbocycles. The van der Waals surface area contributed by atoms with Gasteiger partial charge in [0.05, 0.1) is 7.11 Å². The molecule has 0 amide bonds. The van der Waals surface area contributed by atoms with Crippen molar-refractivity contribution in [1.82, 2.24) is 0 Å². The van der Waals surface area contributed by atoms with Crippen LogP contribution in [0.15, 0.2) is 42.5 Å². The molecule has 0 fully saturated rings. The smallest absolute Gasteiger partial charge is 1.00 e. The molecular formula is C25H31Cl2OZr. The third kappa shape index (κ3) is 5.72. The monoisotopic (exact) mass is 507 g/mol. The molecule has 1 nitrogen and oxygen atoms in total. The second kappa shape index (κ2) is 10.1. The number of hydrogen-bond donors (Lipinski definition) is 0. The molecule has 29 heavy (non-hydrogen) atoms.